The molecule has 0 bridgehead atoms. The van der Waals surface area contributed by atoms with Crippen molar-refractivity contribution in [2.75, 3.05) is 19.6 Å². The average Bonchev–Trinajstić information content (AvgIpc) is 3.07. The van der Waals surface area contributed by atoms with Crippen LogP contribution in [0.3, 0.4) is 0 Å². The van der Waals surface area contributed by atoms with Crippen LogP contribution in [0.25, 0.3) is 0 Å². The second kappa shape index (κ2) is 7.62. The van der Waals surface area contributed by atoms with E-state index in [1.54, 1.807) is 0 Å². The smallest absolute Gasteiger partial charge is 0.273 e. The zero-order chi connectivity index (χ0) is 16.1. The van der Waals surface area contributed by atoms with Crippen LogP contribution in [0.2, 0.25) is 5.02 Å². The number of nitrogens with zero attached hydrogens (tertiary/aromatic N) is 1. The van der Waals surface area contributed by atoms with Gasteiger partial charge in [-0.05, 0) is 50.0 Å². The van der Waals surface area contributed by atoms with Crippen LogP contribution >= 0.6 is 11.6 Å². The molecule has 0 saturated carbocycles. The number of nitrogens with one attached hydrogen (secondary N) is 2. The number of carbonyl (C=O) groups is 1. The Bertz CT molecular complexity index is 648. The number of hydrogen-bond donors (Lipinski definition) is 2. The Labute approximate surface area is 140 Å². The van der Waals surface area contributed by atoms with Gasteiger partial charge in [-0.15, -0.1) is 0 Å². The monoisotopic (exact) mass is 333 g/mol. The van der Waals surface area contributed by atoms with E-state index in [0.717, 1.165) is 37.9 Å². The molecule has 0 spiro atoms. The molecule has 122 valence electrons. The quantitative estimate of drug-likeness (QED) is 0.883. The molecule has 1 saturated heterocycles. The highest BCUT2D eigenvalue weighted by Crippen LogP contribution is 2.24. The lowest BCUT2D eigenvalue weighted by Crippen LogP contribution is -2.27. The Morgan fingerprint density at radius 1 is 1.30 bits per heavy atom. The van der Waals surface area contributed by atoms with Crippen LogP contribution < -0.4 is 10.6 Å². The Kier molecular flexibility index (Phi) is 5.31. The van der Waals surface area contributed by atoms with Crippen LogP contribution in [0.15, 0.2) is 34.9 Å². The van der Waals surface area contributed by atoms with Crippen LogP contribution in [-0.4, -0.2) is 30.5 Å². The zero-order valence-corrected chi connectivity index (χ0v) is 13.6. The molecule has 2 N–H and O–H groups in total. The molecule has 1 aliphatic rings. The minimum absolute atomic E-state index is 0.192. The number of halogens is 1. The van der Waals surface area contributed by atoms with Gasteiger partial charge in [0.1, 0.15) is 6.26 Å². The number of amides is 1. The Morgan fingerprint density at radius 2 is 2.04 bits per heavy atom. The number of rotatable bonds is 5. The Balaban J connectivity index is 1.50. The molecule has 1 aromatic heterocycles. The van der Waals surface area contributed by atoms with Crippen molar-refractivity contribution in [3.05, 3.63) is 52.7 Å². The third-order valence-electron chi connectivity index (χ3n) is 4.06. The maximum Gasteiger partial charge on any atom is 0.273 e. The van der Waals surface area contributed by atoms with Crippen molar-refractivity contribution >= 4 is 17.5 Å². The van der Waals surface area contributed by atoms with Crippen molar-refractivity contribution in [3.63, 3.8) is 0 Å². The molecule has 1 amide bonds. The summed E-state index contributed by atoms with van der Waals surface area (Å²) >= 11 is 5.85. The Hall–Kier alpha value is -1.85. The maximum atomic E-state index is 12.1. The van der Waals surface area contributed by atoms with Crippen molar-refractivity contribution in [2.45, 2.75) is 25.2 Å². The van der Waals surface area contributed by atoms with Crippen LogP contribution in [0.1, 0.15) is 40.7 Å². The minimum atomic E-state index is -0.192. The predicted octanol–water partition coefficient (Wildman–Crippen LogP) is 2.77. The number of carbonyl (C=O) groups excluding carboxylic acids is 1. The SMILES string of the molecule is O=C(NCCc1ccc(Cl)cc1)c1coc(C2CCNCC2)n1. The summed E-state index contributed by atoms with van der Waals surface area (Å²) in [6.07, 6.45) is 4.20. The summed E-state index contributed by atoms with van der Waals surface area (Å²) in [4.78, 5) is 16.5. The van der Waals surface area contributed by atoms with Gasteiger partial charge in [0.25, 0.3) is 5.91 Å². The van der Waals surface area contributed by atoms with Crippen LogP contribution in [0.4, 0.5) is 0 Å². The van der Waals surface area contributed by atoms with E-state index in [-0.39, 0.29) is 5.91 Å². The molecule has 0 atom stereocenters. The van der Waals surface area contributed by atoms with E-state index >= 15 is 0 Å². The molecule has 1 aromatic carbocycles. The third-order valence-corrected chi connectivity index (χ3v) is 4.31. The molecule has 1 aliphatic heterocycles. The van der Waals surface area contributed by atoms with Gasteiger partial charge < -0.3 is 15.1 Å². The zero-order valence-electron chi connectivity index (χ0n) is 12.8. The Morgan fingerprint density at radius 3 is 2.78 bits per heavy atom. The molecule has 0 aliphatic carbocycles. The molecular weight excluding hydrogens is 314 g/mol. The lowest BCUT2D eigenvalue weighted by Gasteiger charge is -2.19. The lowest BCUT2D eigenvalue weighted by atomic mass is 9.98. The van der Waals surface area contributed by atoms with Gasteiger partial charge in [-0.2, -0.15) is 0 Å². The summed E-state index contributed by atoms with van der Waals surface area (Å²) in [6.45, 7) is 2.49. The first kappa shape index (κ1) is 16.0. The van der Waals surface area contributed by atoms with Crippen molar-refractivity contribution in [2.24, 2.45) is 0 Å². The molecule has 1 fully saturated rings. The first-order valence-electron chi connectivity index (χ1n) is 7.91. The summed E-state index contributed by atoms with van der Waals surface area (Å²) in [6, 6.07) is 7.61. The molecule has 0 radical (unpaired) electrons. The van der Waals surface area contributed by atoms with E-state index in [2.05, 4.69) is 15.6 Å². The van der Waals surface area contributed by atoms with Crippen LogP contribution in [0, 0.1) is 0 Å². The largest absolute Gasteiger partial charge is 0.448 e. The normalized spacial score (nSPS) is 15.5. The van der Waals surface area contributed by atoms with E-state index in [1.807, 2.05) is 24.3 Å². The van der Waals surface area contributed by atoms with Gasteiger partial charge in [0, 0.05) is 17.5 Å². The minimum Gasteiger partial charge on any atom is -0.448 e. The van der Waals surface area contributed by atoms with Gasteiger partial charge in [-0.3, -0.25) is 4.79 Å². The first-order valence-corrected chi connectivity index (χ1v) is 8.29. The summed E-state index contributed by atoms with van der Waals surface area (Å²) in [7, 11) is 0. The summed E-state index contributed by atoms with van der Waals surface area (Å²) < 4.78 is 5.49. The second-order valence-electron chi connectivity index (χ2n) is 5.73. The third kappa shape index (κ3) is 4.33. The molecule has 23 heavy (non-hydrogen) atoms. The van der Waals surface area contributed by atoms with Gasteiger partial charge in [-0.25, -0.2) is 4.98 Å². The number of hydrogen-bond acceptors (Lipinski definition) is 4. The fourth-order valence-corrected chi connectivity index (χ4v) is 2.84. The van der Waals surface area contributed by atoms with E-state index < -0.39 is 0 Å². The summed E-state index contributed by atoms with van der Waals surface area (Å²) in [5, 5.41) is 6.89. The number of piperidine rings is 1. The van der Waals surface area contributed by atoms with Crippen molar-refractivity contribution in [1.29, 1.82) is 0 Å². The van der Waals surface area contributed by atoms with Gasteiger partial charge in [0.15, 0.2) is 11.6 Å². The van der Waals surface area contributed by atoms with Crippen LogP contribution in [-0.2, 0) is 6.42 Å². The van der Waals surface area contributed by atoms with Gasteiger partial charge >= 0.3 is 0 Å². The highest BCUT2D eigenvalue weighted by atomic mass is 35.5. The highest BCUT2D eigenvalue weighted by molar-refractivity contribution is 6.30. The molecular formula is C17H20ClN3O2. The predicted molar refractivity (Wildman–Crippen MR) is 88.8 cm³/mol. The van der Waals surface area contributed by atoms with E-state index in [9.17, 15) is 4.79 Å². The molecule has 2 heterocycles. The molecule has 2 aromatic rings. The fraction of sp³-hybridized carbons (Fsp3) is 0.412. The average molecular weight is 334 g/mol. The highest BCUT2D eigenvalue weighted by Gasteiger charge is 2.21. The summed E-state index contributed by atoms with van der Waals surface area (Å²) in [5.41, 5.74) is 1.49. The maximum absolute atomic E-state index is 12.1. The van der Waals surface area contributed by atoms with Crippen molar-refractivity contribution in [3.8, 4) is 0 Å². The van der Waals surface area contributed by atoms with E-state index in [1.165, 1.54) is 6.26 Å². The van der Waals surface area contributed by atoms with Crippen molar-refractivity contribution in [1.82, 2.24) is 15.6 Å². The van der Waals surface area contributed by atoms with Gasteiger partial charge in [0.05, 0.1) is 0 Å². The molecule has 5 nitrogen and oxygen atoms in total. The van der Waals surface area contributed by atoms with Gasteiger partial charge in [-0.1, -0.05) is 23.7 Å². The fourth-order valence-electron chi connectivity index (χ4n) is 2.71. The van der Waals surface area contributed by atoms with Crippen molar-refractivity contribution < 1.29 is 9.21 Å². The van der Waals surface area contributed by atoms with E-state index in [0.29, 0.717) is 29.1 Å². The van der Waals surface area contributed by atoms with Gasteiger partial charge in [0.2, 0.25) is 0 Å². The number of oxazole rings is 1. The topological polar surface area (TPSA) is 67.2 Å². The number of benzene rings is 1. The van der Waals surface area contributed by atoms with E-state index in [4.69, 9.17) is 16.0 Å². The first-order chi connectivity index (χ1) is 11.2. The number of aromatic nitrogens is 1. The lowest BCUT2D eigenvalue weighted by molar-refractivity contribution is 0.0949. The molecule has 0 unspecified atom stereocenters. The molecule has 3 rings (SSSR count). The standard InChI is InChI=1S/C17H20ClN3O2/c18-14-3-1-12(2-4-14)5-10-20-16(22)15-11-23-17(21-15)13-6-8-19-9-7-13/h1-4,11,13,19H,5-10H2,(H,20,22). The van der Waals surface area contributed by atoms with Crippen LogP contribution in [0.5, 0.6) is 0 Å². The summed E-state index contributed by atoms with van der Waals surface area (Å²) in [5.74, 6) is 0.795. The second-order valence-corrected chi connectivity index (χ2v) is 6.16. The molecule has 6 heteroatoms.